The van der Waals surface area contributed by atoms with Crippen molar-refractivity contribution < 1.29 is 14.4 Å². The highest BCUT2D eigenvalue weighted by Gasteiger charge is 2.21. The Morgan fingerprint density at radius 3 is 2.53 bits per heavy atom. The Morgan fingerprint density at radius 2 is 1.83 bits per heavy atom. The van der Waals surface area contributed by atoms with Crippen LogP contribution in [0.1, 0.15) is 54.6 Å². The van der Waals surface area contributed by atoms with Gasteiger partial charge < -0.3 is 27.0 Å². The van der Waals surface area contributed by atoms with Crippen molar-refractivity contribution in [2.75, 3.05) is 25.0 Å². The number of nitrogens with zero attached hydrogens (tertiary/aromatic N) is 3. The van der Waals surface area contributed by atoms with Gasteiger partial charge in [-0.15, -0.1) is 0 Å². The molecule has 0 aliphatic carbocycles. The molecule has 0 spiro atoms. The highest BCUT2D eigenvalue weighted by molar-refractivity contribution is 6.07. The summed E-state index contributed by atoms with van der Waals surface area (Å²) in [6.45, 7) is 5.60. The summed E-state index contributed by atoms with van der Waals surface area (Å²) in [6.07, 6.45) is 6.92. The van der Waals surface area contributed by atoms with Crippen molar-refractivity contribution in [2.24, 2.45) is 16.5 Å². The summed E-state index contributed by atoms with van der Waals surface area (Å²) in [5.74, 6) is -0.355. The van der Waals surface area contributed by atoms with Crippen molar-refractivity contribution in [3.8, 4) is 0 Å². The van der Waals surface area contributed by atoms with Crippen LogP contribution in [0.5, 0.6) is 0 Å². The van der Waals surface area contributed by atoms with E-state index in [1.165, 1.54) is 6.20 Å². The highest BCUT2D eigenvalue weighted by atomic mass is 16.2. The Labute approximate surface area is 210 Å². The lowest BCUT2D eigenvalue weighted by Gasteiger charge is -2.22. The first-order valence-corrected chi connectivity index (χ1v) is 12.0. The van der Waals surface area contributed by atoms with E-state index in [1.807, 2.05) is 24.8 Å². The molecule has 1 aromatic heterocycles. The minimum Gasteiger partial charge on any atom is -0.387 e. The van der Waals surface area contributed by atoms with Gasteiger partial charge in [0, 0.05) is 49.0 Å². The summed E-state index contributed by atoms with van der Waals surface area (Å²) in [6, 6.07) is 6.81. The number of benzene rings is 1. The van der Waals surface area contributed by atoms with E-state index in [4.69, 9.17) is 11.5 Å². The summed E-state index contributed by atoms with van der Waals surface area (Å²) < 4.78 is 0. The normalized spacial score (nSPS) is 12.5. The molecule has 0 radical (unpaired) electrons. The number of aromatic nitrogens is 1. The minimum absolute atomic E-state index is 0.0402. The van der Waals surface area contributed by atoms with Gasteiger partial charge in [0.1, 0.15) is 5.84 Å². The molecule has 190 valence electrons. The minimum atomic E-state index is -0.349. The molecule has 1 aliphatic rings. The molecular formula is C26H33N7O3. The van der Waals surface area contributed by atoms with Crippen LogP contribution in [-0.4, -0.2) is 53.1 Å². The molecule has 0 saturated carbocycles. The van der Waals surface area contributed by atoms with E-state index < -0.39 is 0 Å². The predicted molar refractivity (Wildman–Crippen MR) is 141 cm³/mol. The fourth-order valence-corrected chi connectivity index (χ4v) is 3.86. The third kappa shape index (κ3) is 6.98. The first-order chi connectivity index (χ1) is 17.3. The molecule has 0 fully saturated rings. The third-order valence-electron chi connectivity index (χ3n) is 5.53. The van der Waals surface area contributed by atoms with Crippen LogP contribution in [0.2, 0.25) is 0 Å². The third-order valence-corrected chi connectivity index (χ3v) is 5.53. The van der Waals surface area contributed by atoms with Crippen molar-refractivity contribution in [3.05, 3.63) is 58.9 Å². The largest absolute Gasteiger partial charge is 0.387 e. The molecule has 36 heavy (non-hydrogen) atoms. The zero-order valence-electron chi connectivity index (χ0n) is 20.7. The fraction of sp³-hybridized carbons (Fsp3) is 0.346. The van der Waals surface area contributed by atoms with Gasteiger partial charge in [-0.05, 0) is 42.7 Å². The van der Waals surface area contributed by atoms with E-state index >= 15 is 0 Å². The van der Waals surface area contributed by atoms with E-state index in [0.29, 0.717) is 41.4 Å². The Morgan fingerprint density at radius 1 is 1.08 bits per heavy atom. The number of nitrogens with two attached hydrogens (primary N) is 2. The molecule has 0 bridgehead atoms. The van der Waals surface area contributed by atoms with Crippen molar-refractivity contribution in [1.82, 2.24) is 15.2 Å². The van der Waals surface area contributed by atoms with Crippen molar-refractivity contribution >= 4 is 41.0 Å². The van der Waals surface area contributed by atoms with Gasteiger partial charge in [0.05, 0.1) is 24.1 Å². The summed E-state index contributed by atoms with van der Waals surface area (Å²) in [5.41, 5.74) is 14.9. The van der Waals surface area contributed by atoms with E-state index in [0.717, 1.165) is 24.0 Å². The van der Waals surface area contributed by atoms with E-state index in [1.54, 1.807) is 30.5 Å². The number of fused-ring (bicyclic) bond motifs is 1. The molecular weight excluding hydrogens is 458 g/mol. The number of carbonyl (C=O) groups excluding carboxylic acids is 3. The molecule has 3 amide bonds. The second-order valence-electron chi connectivity index (χ2n) is 8.53. The Hall–Kier alpha value is -4.05. The van der Waals surface area contributed by atoms with Gasteiger partial charge in [0.25, 0.3) is 5.91 Å². The molecule has 0 saturated heterocycles. The second kappa shape index (κ2) is 12.6. The number of aliphatic imine (C=N–C) groups is 1. The molecule has 10 heteroatoms. The van der Waals surface area contributed by atoms with Crippen molar-refractivity contribution in [3.63, 3.8) is 0 Å². The lowest BCUT2D eigenvalue weighted by atomic mass is 10.0. The lowest BCUT2D eigenvalue weighted by Crippen LogP contribution is -2.34. The van der Waals surface area contributed by atoms with Crippen LogP contribution in [0.4, 0.5) is 11.4 Å². The summed E-state index contributed by atoms with van der Waals surface area (Å²) in [4.78, 5) is 47.9. The standard InChI is InChI=1S/C26H33N7O3/c1-3-7-33(8-4-2)26(36)20-10-18-5-6-19(11-22(18)32-23(28)12-20)25(35)31-21-9-17(14-29-16-21)15-30-24(34)13-27/h5-6,9-11,14,16H,3-4,7-8,12-13,15,27H2,1-2H3,(H2,28,32)(H,30,34)(H,31,35). The maximum absolute atomic E-state index is 13.1. The van der Waals surface area contributed by atoms with Crippen molar-refractivity contribution in [1.29, 1.82) is 0 Å². The van der Waals surface area contributed by atoms with Crippen LogP contribution in [0.25, 0.3) is 6.08 Å². The van der Waals surface area contributed by atoms with Gasteiger partial charge in [-0.25, -0.2) is 4.99 Å². The van der Waals surface area contributed by atoms with E-state index in [2.05, 4.69) is 20.6 Å². The molecule has 2 heterocycles. The van der Waals surface area contributed by atoms with Gasteiger partial charge >= 0.3 is 0 Å². The number of anilines is 1. The predicted octanol–water partition coefficient (Wildman–Crippen LogP) is 2.33. The van der Waals surface area contributed by atoms with Gasteiger partial charge in [-0.2, -0.15) is 0 Å². The summed E-state index contributed by atoms with van der Waals surface area (Å²) in [5, 5.41) is 5.47. The quantitative estimate of drug-likeness (QED) is 0.400. The number of pyridine rings is 1. The summed E-state index contributed by atoms with van der Waals surface area (Å²) >= 11 is 0. The topological polar surface area (TPSA) is 156 Å². The number of carbonyl (C=O) groups is 3. The van der Waals surface area contributed by atoms with Crippen molar-refractivity contribution in [2.45, 2.75) is 39.7 Å². The SMILES string of the molecule is CCCN(CCC)C(=O)C1=Cc2ccc(C(=O)Nc3cncc(CNC(=O)CN)c3)cc2N=C(N)C1. The molecule has 1 aliphatic heterocycles. The number of amidine groups is 1. The van der Waals surface area contributed by atoms with Crippen LogP contribution in [0.15, 0.2) is 47.2 Å². The van der Waals surface area contributed by atoms with Crippen LogP contribution in [0.3, 0.4) is 0 Å². The number of rotatable bonds is 10. The highest BCUT2D eigenvalue weighted by Crippen LogP contribution is 2.29. The maximum Gasteiger partial charge on any atom is 0.255 e. The van der Waals surface area contributed by atoms with Crippen LogP contribution >= 0.6 is 0 Å². The second-order valence-corrected chi connectivity index (χ2v) is 8.53. The van der Waals surface area contributed by atoms with Crippen LogP contribution in [0, 0.1) is 0 Å². The molecule has 1 aromatic carbocycles. The Bertz CT molecular complexity index is 1180. The monoisotopic (exact) mass is 491 g/mol. The molecule has 0 unspecified atom stereocenters. The number of nitrogens with one attached hydrogen (secondary N) is 2. The maximum atomic E-state index is 13.1. The molecule has 10 nitrogen and oxygen atoms in total. The molecule has 3 rings (SSSR count). The number of amides is 3. The Kier molecular flexibility index (Phi) is 9.29. The van der Waals surface area contributed by atoms with Gasteiger partial charge in [0.2, 0.25) is 11.8 Å². The molecule has 2 aromatic rings. The van der Waals surface area contributed by atoms with E-state index in [-0.39, 0.29) is 37.2 Å². The van der Waals surface area contributed by atoms with Crippen LogP contribution in [-0.2, 0) is 16.1 Å². The van der Waals surface area contributed by atoms with Gasteiger partial charge in [-0.1, -0.05) is 19.9 Å². The average molecular weight is 492 g/mol. The van der Waals surface area contributed by atoms with Gasteiger partial charge in [-0.3, -0.25) is 19.4 Å². The summed E-state index contributed by atoms with van der Waals surface area (Å²) in [7, 11) is 0. The fourth-order valence-electron chi connectivity index (χ4n) is 3.86. The average Bonchev–Trinajstić information content (AvgIpc) is 3.04. The van der Waals surface area contributed by atoms with Gasteiger partial charge in [0.15, 0.2) is 0 Å². The van der Waals surface area contributed by atoms with Crippen LogP contribution < -0.4 is 22.1 Å². The lowest BCUT2D eigenvalue weighted by molar-refractivity contribution is -0.127. The number of hydrogen-bond acceptors (Lipinski definition) is 7. The van der Waals surface area contributed by atoms with E-state index in [9.17, 15) is 14.4 Å². The number of hydrogen-bond donors (Lipinski definition) is 4. The first kappa shape index (κ1) is 26.6. The molecule has 0 atom stereocenters. The first-order valence-electron chi connectivity index (χ1n) is 12.0. The zero-order valence-corrected chi connectivity index (χ0v) is 20.7. The zero-order chi connectivity index (χ0) is 26.1. The Balaban J connectivity index is 1.79. The smallest absolute Gasteiger partial charge is 0.255 e. The molecule has 6 N–H and O–H groups in total.